The Hall–Kier alpha value is -3.38. The number of methoxy groups -OCH3 is 1. The molecule has 0 saturated carbocycles. The van der Waals surface area contributed by atoms with Gasteiger partial charge in [-0.1, -0.05) is 18.2 Å². The van der Waals surface area contributed by atoms with E-state index in [0.717, 1.165) is 12.0 Å². The molecule has 3 amide bonds. The van der Waals surface area contributed by atoms with Gasteiger partial charge in [0.05, 0.1) is 20.3 Å². The van der Waals surface area contributed by atoms with Crippen LogP contribution in [0, 0.1) is 0 Å². The molecule has 2 atom stereocenters. The summed E-state index contributed by atoms with van der Waals surface area (Å²) in [7, 11) is 1.13. The number of aromatic hydroxyl groups is 1. The topological polar surface area (TPSA) is 175 Å². The van der Waals surface area contributed by atoms with Crippen LogP contribution in [0.25, 0.3) is 0 Å². The lowest BCUT2D eigenvalue weighted by atomic mass is 10.0. The number of nitrogens with zero attached hydrogens (tertiary/aromatic N) is 1. The molecule has 5 N–H and O–H groups in total. The van der Waals surface area contributed by atoms with E-state index in [0.29, 0.717) is 0 Å². The fourth-order valence-electron chi connectivity index (χ4n) is 2.81. The molecular formula is C21H31N3O9. The van der Waals surface area contributed by atoms with Gasteiger partial charge in [0.15, 0.2) is 0 Å². The van der Waals surface area contributed by atoms with Crippen molar-refractivity contribution in [2.75, 3.05) is 33.4 Å². The Bertz CT molecular complexity index is 839. The average molecular weight is 469 g/mol. The predicted molar refractivity (Wildman–Crippen MR) is 115 cm³/mol. The van der Waals surface area contributed by atoms with E-state index in [1.54, 1.807) is 20.8 Å². The molecular weight excluding hydrogens is 438 g/mol. The number of aliphatic hydroxyl groups is 2. The minimum atomic E-state index is -1.52. The molecule has 0 radical (unpaired) electrons. The molecule has 0 saturated heterocycles. The first-order valence-electron chi connectivity index (χ1n) is 10.1. The van der Waals surface area contributed by atoms with Crippen molar-refractivity contribution >= 4 is 23.9 Å². The van der Waals surface area contributed by atoms with Crippen LogP contribution < -0.4 is 10.6 Å². The van der Waals surface area contributed by atoms with Gasteiger partial charge in [0, 0.05) is 12.1 Å². The molecule has 0 fully saturated rings. The number of hydrogen-bond donors (Lipinski definition) is 5. The van der Waals surface area contributed by atoms with Crippen LogP contribution in [0.5, 0.6) is 5.75 Å². The molecule has 0 spiro atoms. The van der Waals surface area contributed by atoms with Crippen LogP contribution in [-0.2, 0) is 23.9 Å². The molecule has 0 aromatic heterocycles. The van der Waals surface area contributed by atoms with Crippen molar-refractivity contribution in [3.05, 3.63) is 29.8 Å². The van der Waals surface area contributed by atoms with Crippen molar-refractivity contribution in [1.29, 1.82) is 0 Å². The van der Waals surface area contributed by atoms with Gasteiger partial charge in [0.1, 0.15) is 30.0 Å². The molecule has 0 heterocycles. The highest BCUT2D eigenvalue weighted by Crippen LogP contribution is 2.29. The van der Waals surface area contributed by atoms with Crippen LogP contribution in [0.3, 0.4) is 0 Å². The standard InChI is InChI=1S/C21H31N3O9/c1-21(2,3)33-20(31)23-14(12-26)19(30)24(9-10-25)17(13-7-5-6-8-15(13)27)18(29)22-11-16(28)32-4/h5-8,14,17,25-27H,9-12H2,1-4H3,(H,22,29)(H,23,31). The number of hydrogen-bond acceptors (Lipinski definition) is 9. The zero-order chi connectivity index (χ0) is 25.2. The summed E-state index contributed by atoms with van der Waals surface area (Å²) in [5.41, 5.74) is -0.875. The van der Waals surface area contributed by atoms with Crippen LogP contribution in [-0.4, -0.2) is 89.2 Å². The lowest BCUT2D eigenvalue weighted by molar-refractivity contribution is -0.145. The van der Waals surface area contributed by atoms with Crippen molar-refractivity contribution < 1.29 is 44.0 Å². The molecule has 12 nitrogen and oxygen atoms in total. The Morgan fingerprint density at radius 2 is 1.76 bits per heavy atom. The summed E-state index contributed by atoms with van der Waals surface area (Å²) in [6, 6.07) is 2.66. The van der Waals surface area contributed by atoms with E-state index < -0.39 is 67.9 Å². The monoisotopic (exact) mass is 469 g/mol. The maximum atomic E-state index is 13.2. The summed E-state index contributed by atoms with van der Waals surface area (Å²) < 4.78 is 9.58. The van der Waals surface area contributed by atoms with Gasteiger partial charge in [0.2, 0.25) is 11.8 Å². The Balaban J connectivity index is 3.31. The molecule has 12 heteroatoms. The molecule has 184 valence electrons. The number of phenols is 1. The molecule has 0 bridgehead atoms. The van der Waals surface area contributed by atoms with E-state index in [9.17, 15) is 34.5 Å². The van der Waals surface area contributed by atoms with Gasteiger partial charge >= 0.3 is 12.1 Å². The third kappa shape index (κ3) is 8.58. The van der Waals surface area contributed by atoms with Gasteiger partial charge < -0.3 is 40.3 Å². The molecule has 0 aliphatic heterocycles. The second-order valence-electron chi connectivity index (χ2n) is 7.89. The molecule has 0 aliphatic carbocycles. The number of rotatable bonds is 10. The van der Waals surface area contributed by atoms with E-state index in [1.807, 2.05) is 0 Å². The van der Waals surface area contributed by atoms with Gasteiger partial charge in [-0.3, -0.25) is 14.4 Å². The summed E-state index contributed by atoms with van der Waals surface area (Å²) in [6.07, 6.45) is -0.979. The Kier molecular flexibility index (Phi) is 10.6. The van der Waals surface area contributed by atoms with Gasteiger partial charge in [-0.05, 0) is 26.8 Å². The molecule has 1 rings (SSSR count). The zero-order valence-corrected chi connectivity index (χ0v) is 19.0. The summed E-state index contributed by atoms with van der Waals surface area (Å²) in [4.78, 5) is 50.7. The number of carbonyl (C=O) groups is 4. The number of carbonyl (C=O) groups excluding carboxylic acids is 4. The summed E-state index contributed by atoms with van der Waals surface area (Å²) in [6.45, 7) is 2.51. The highest BCUT2D eigenvalue weighted by Gasteiger charge is 2.37. The predicted octanol–water partition coefficient (Wildman–Crippen LogP) is -0.571. The smallest absolute Gasteiger partial charge is 0.408 e. The number of ether oxygens (including phenoxy) is 2. The normalized spacial score (nSPS) is 12.8. The van der Waals surface area contributed by atoms with E-state index in [2.05, 4.69) is 15.4 Å². The van der Waals surface area contributed by atoms with E-state index in [-0.39, 0.29) is 11.3 Å². The van der Waals surface area contributed by atoms with Crippen LogP contribution in [0.4, 0.5) is 4.79 Å². The minimum absolute atomic E-state index is 0.00405. The van der Waals surface area contributed by atoms with Crippen molar-refractivity contribution in [3.63, 3.8) is 0 Å². The number of nitrogens with one attached hydrogen (secondary N) is 2. The molecule has 2 unspecified atom stereocenters. The maximum Gasteiger partial charge on any atom is 0.408 e. The number of benzene rings is 1. The number of para-hydroxylation sites is 1. The van der Waals surface area contributed by atoms with Gasteiger partial charge in [-0.2, -0.15) is 0 Å². The number of aliphatic hydroxyl groups excluding tert-OH is 2. The van der Waals surface area contributed by atoms with Crippen LogP contribution in [0.15, 0.2) is 24.3 Å². The van der Waals surface area contributed by atoms with Crippen molar-refractivity contribution in [2.45, 2.75) is 38.5 Å². The highest BCUT2D eigenvalue weighted by molar-refractivity contribution is 5.93. The van der Waals surface area contributed by atoms with E-state index in [4.69, 9.17) is 4.74 Å². The van der Waals surface area contributed by atoms with Gasteiger partial charge in [-0.15, -0.1) is 0 Å². The van der Waals surface area contributed by atoms with Crippen molar-refractivity contribution in [2.24, 2.45) is 0 Å². The van der Waals surface area contributed by atoms with Gasteiger partial charge in [-0.25, -0.2) is 4.79 Å². The average Bonchev–Trinajstić information content (AvgIpc) is 2.74. The summed E-state index contributed by atoms with van der Waals surface area (Å²) in [5, 5.41) is 34.1. The Labute approximate surface area is 191 Å². The number of esters is 1. The SMILES string of the molecule is COC(=O)CNC(=O)C(c1ccccc1O)N(CCO)C(=O)C(CO)NC(=O)OC(C)(C)C. The summed E-state index contributed by atoms with van der Waals surface area (Å²) in [5.74, 6) is -2.87. The number of alkyl carbamates (subject to hydrolysis) is 1. The first kappa shape index (κ1) is 27.7. The van der Waals surface area contributed by atoms with Crippen molar-refractivity contribution in [3.8, 4) is 5.75 Å². The van der Waals surface area contributed by atoms with Gasteiger partial charge in [0.25, 0.3) is 0 Å². The summed E-state index contributed by atoms with van der Waals surface area (Å²) >= 11 is 0. The first-order chi connectivity index (χ1) is 15.4. The molecule has 33 heavy (non-hydrogen) atoms. The van der Waals surface area contributed by atoms with E-state index >= 15 is 0 Å². The fraction of sp³-hybridized carbons (Fsp3) is 0.524. The Morgan fingerprint density at radius 3 is 2.27 bits per heavy atom. The third-order valence-electron chi connectivity index (χ3n) is 4.22. The second kappa shape index (κ2) is 12.6. The third-order valence-corrected chi connectivity index (χ3v) is 4.22. The Morgan fingerprint density at radius 1 is 1.12 bits per heavy atom. The highest BCUT2D eigenvalue weighted by atomic mass is 16.6. The number of phenolic OH excluding ortho intramolecular Hbond substituents is 1. The van der Waals surface area contributed by atoms with Crippen LogP contribution in [0.1, 0.15) is 32.4 Å². The van der Waals surface area contributed by atoms with Crippen LogP contribution in [0.2, 0.25) is 0 Å². The first-order valence-corrected chi connectivity index (χ1v) is 10.1. The lowest BCUT2D eigenvalue weighted by Gasteiger charge is -2.33. The second-order valence-corrected chi connectivity index (χ2v) is 7.89. The maximum absolute atomic E-state index is 13.2. The number of amides is 3. The zero-order valence-electron chi connectivity index (χ0n) is 19.0. The van der Waals surface area contributed by atoms with Crippen molar-refractivity contribution in [1.82, 2.24) is 15.5 Å². The van der Waals surface area contributed by atoms with Crippen LogP contribution >= 0.6 is 0 Å². The molecule has 1 aromatic rings. The molecule has 1 aromatic carbocycles. The quantitative estimate of drug-likeness (QED) is 0.281. The minimum Gasteiger partial charge on any atom is -0.508 e. The van der Waals surface area contributed by atoms with E-state index in [1.165, 1.54) is 24.3 Å². The fourth-order valence-corrected chi connectivity index (χ4v) is 2.81. The lowest BCUT2D eigenvalue weighted by Crippen LogP contribution is -2.55. The largest absolute Gasteiger partial charge is 0.508 e. The molecule has 0 aliphatic rings.